The van der Waals surface area contributed by atoms with Crippen LogP contribution in [-0.2, 0) is 4.79 Å². The van der Waals surface area contributed by atoms with E-state index in [0.717, 1.165) is 21.8 Å². The van der Waals surface area contributed by atoms with Crippen LogP contribution in [-0.4, -0.2) is 18.1 Å². The Labute approximate surface area is 122 Å². The van der Waals surface area contributed by atoms with E-state index in [1.165, 1.54) is 4.90 Å². The van der Waals surface area contributed by atoms with Crippen molar-refractivity contribution in [2.24, 2.45) is 0 Å². The highest BCUT2D eigenvalue weighted by Crippen LogP contribution is 2.47. The van der Waals surface area contributed by atoms with Gasteiger partial charge in [-0.2, -0.15) is 0 Å². The van der Waals surface area contributed by atoms with Crippen LogP contribution < -0.4 is 4.90 Å². The van der Waals surface area contributed by atoms with E-state index in [1.54, 1.807) is 18.7 Å². The summed E-state index contributed by atoms with van der Waals surface area (Å²) >= 11 is 1.73. The monoisotopic (exact) mass is 285 g/mol. The lowest BCUT2D eigenvalue weighted by Gasteiger charge is -2.30. The Balaban J connectivity index is 2.06. The predicted octanol–water partition coefficient (Wildman–Crippen LogP) is 4.11. The molecule has 1 unspecified atom stereocenters. The Morgan fingerprint density at radius 2 is 1.85 bits per heavy atom. The van der Waals surface area contributed by atoms with Crippen LogP contribution >= 0.6 is 11.8 Å². The second-order valence-corrected chi connectivity index (χ2v) is 6.00. The summed E-state index contributed by atoms with van der Waals surface area (Å²) in [5.74, 6) is -1.28. The first-order valence-corrected chi connectivity index (χ1v) is 7.27. The van der Waals surface area contributed by atoms with E-state index >= 15 is 0 Å². The van der Waals surface area contributed by atoms with E-state index in [1.807, 2.05) is 37.4 Å². The molecule has 0 fully saturated rings. The molecule has 1 aliphatic heterocycles. The smallest absolute Gasteiger partial charge is 0.310 e. The van der Waals surface area contributed by atoms with Crippen LogP contribution in [0, 0.1) is 0 Å². The summed E-state index contributed by atoms with van der Waals surface area (Å²) in [5.41, 5.74) is 3.06. The first kappa shape index (κ1) is 13.1. The molecule has 3 nitrogen and oxygen atoms in total. The second-order valence-electron chi connectivity index (χ2n) is 4.92. The minimum Gasteiger partial charge on any atom is -0.481 e. The molecule has 2 aromatic rings. The highest BCUT2D eigenvalue weighted by Gasteiger charge is 2.22. The van der Waals surface area contributed by atoms with Crippen molar-refractivity contribution < 1.29 is 9.90 Å². The number of nitrogens with zero attached hydrogens (tertiary/aromatic N) is 1. The molecule has 0 spiro atoms. The molecule has 4 heteroatoms. The minimum atomic E-state index is -0.795. The van der Waals surface area contributed by atoms with Gasteiger partial charge in [0.05, 0.1) is 17.3 Å². The zero-order chi connectivity index (χ0) is 14.3. The standard InChI is InChI=1S/C16H15NO2S/c1-10(16(18)19)11-7-8-15-13(9-11)17(2)12-5-3-4-6-14(12)20-15/h3-10H,1-2H3,(H,18,19). The SMILES string of the molecule is CC(C(=O)O)c1ccc2c(c1)N(C)c1ccccc1S2. The fourth-order valence-electron chi connectivity index (χ4n) is 2.36. The van der Waals surface area contributed by atoms with Crippen LogP contribution in [0.5, 0.6) is 0 Å². The number of hydrogen-bond acceptors (Lipinski definition) is 3. The number of carboxylic acids is 1. The molecule has 0 saturated heterocycles. The van der Waals surface area contributed by atoms with E-state index in [0.29, 0.717) is 0 Å². The number of carboxylic acid groups (broad SMARTS) is 1. The summed E-state index contributed by atoms with van der Waals surface area (Å²) in [6.45, 7) is 1.72. The minimum absolute atomic E-state index is 0.490. The van der Waals surface area contributed by atoms with Crippen molar-refractivity contribution in [3.8, 4) is 0 Å². The number of aliphatic carboxylic acids is 1. The molecule has 0 aromatic heterocycles. The fraction of sp³-hybridized carbons (Fsp3) is 0.188. The van der Waals surface area contributed by atoms with Gasteiger partial charge in [0, 0.05) is 16.8 Å². The van der Waals surface area contributed by atoms with Crippen LogP contribution in [0.4, 0.5) is 11.4 Å². The van der Waals surface area contributed by atoms with Gasteiger partial charge in [-0.05, 0) is 36.8 Å². The molecule has 1 N–H and O–H groups in total. The summed E-state index contributed by atoms with van der Waals surface area (Å²) in [6.07, 6.45) is 0. The van der Waals surface area contributed by atoms with Crippen LogP contribution in [0.25, 0.3) is 0 Å². The lowest BCUT2D eigenvalue weighted by Crippen LogP contribution is -2.16. The van der Waals surface area contributed by atoms with Gasteiger partial charge in [-0.15, -0.1) is 0 Å². The first-order valence-electron chi connectivity index (χ1n) is 6.45. The Hall–Kier alpha value is -1.94. The number of rotatable bonds is 2. The number of carbonyl (C=O) groups is 1. The Morgan fingerprint density at radius 3 is 2.60 bits per heavy atom. The number of hydrogen-bond donors (Lipinski definition) is 1. The van der Waals surface area contributed by atoms with E-state index < -0.39 is 11.9 Å². The third-order valence-electron chi connectivity index (χ3n) is 3.66. The van der Waals surface area contributed by atoms with E-state index in [9.17, 15) is 4.79 Å². The summed E-state index contributed by atoms with van der Waals surface area (Å²) in [7, 11) is 2.02. The lowest BCUT2D eigenvalue weighted by atomic mass is 10.0. The van der Waals surface area contributed by atoms with Gasteiger partial charge in [0.15, 0.2) is 0 Å². The maximum Gasteiger partial charge on any atom is 0.310 e. The van der Waals surface area contributed by atoms with Gasteiger partial charge < -0.3 is 10.0 Å². The van der Waals surface area contributed by atoms with Gasteiger partial charge in [0.25, 0.3) is 0 Å². The third kappa shape index (κ3) is 2.06. The van der Waals surface area contributed by atoms with Crippen LogP contribution in [0.3, 0.4) is 0 Å². The molecule has 0 aliphatic carbocycles. The van der Waals surface area contributed by atoms with Gasteiger partial charge in [-0.1, -0.05) is 30.0 Å². The normalized spacial score (nSPS) is 14.4. The Kier molecular flexibility index (Phi) is 3.18. The summed E-state index contributed by atoms with van der Waals surface area (Å²) < 4.78 is 0. The van der Waals surface area contributed by atoms with Gasteiger partial charge in [-0.25, -0.2) is 0 Å². The maximum atomic E-state index is 11.1. The number of anilines is 2. The zero-order valence-corrected chi connectivity index (χ0v) is 12.1. The maximum absolute atomic E-state index is 11.1. The molecule has 0 radical (unpaired) electrons. The molecule has 0 saturated carbocycles. The van der Waals surface area contributed by atoms with Gasteiger partial charge in [-0.3, -0.25) is 4.79 Å². The number of para-hydroxylation sites is 1. The molecule has 1 aliphatic rings. The van der Waals surface area contributed by atoms with E-state index in [2.05, 4.69) is 17.0 Å². The topological polar surface area (TPSA) is 40.5 Å². The average Bonchev–Trinajstić information content (AvgIpc) is 2.46. The average molecular weight is 285 g/mol. The first-order chi connectivity index (χ1) is 9.58. The quantitative estimate of drug-likeness (QED) is 0.901. The van der Waals surface area contributed by atoms with Crippen LogP contribution in [0.1, 0.15) is 18.4 Å². The number of benzene rings is 2. The molecular weight excluding hydrogens is 270 g/mol. The molecule has 3 rings (SSSR count). The summed E-state index contributed by atoms with van der Waals surface area (Å²) in [6, 6.07) is 14.1. The highest BCUT2D eigenvalue weighted by atomic mass is 32.2. The van der Waals surface area contributed by atoms with Crippen molar-refractivity contribution in [2.45, 2.75) is 22.6 Å². The van der Waals surface area contributed by atoms with Crippen molar-refractivity contribution in [2.75, 3.05) is 11.9 Å². The molecule has 0 amide bonds. The summed E-state index contributed by atoms with van der Waals surface area (Å²) in [4.78, 5) is 15.6. The predicted molar refractivity (Wildman–Crippen MR) is 81.1 cm³/mol. The van der Waals surface area contributed by atoms with Crippen LogP contribution in [0.2, 0.25) is 0 Å². The van der Waals surface area contributed by atoms with Gasteiger partial charge in [0.1, 0.15) is 0 Å². The van der Waals surface area contributed by atoms with Gasteiger partial charge in [0.2, 0.25) is 0 Å². The molecule has 1 atom stereocenters. The molecule has 1 heterocycles. The van der Waals surface area contributed by atoms with Crippen molar-refractivity contribution >= 4 is 29.1 Å². The van der Waals surface area contributed by atoms with Crippen molar-refractivity contribution in [1.82, 2.24) is 0 Å². The van der Waals surface area contributed by atoms with Crippen molar-refractivity contribution in [1.29, 1.82) is 0 Å². The highest BCUT2D eigenvalue weighted by molar-refractivity contribution is 7.99. The molecule has 102 valence electrons. The number of fused-ring (bicyclic) bond motifs is 2. The molecule has 0 bridgehead atoms. The molecule has 20 heavy (non-hydrogen) atoms. The van der Waals surface area contributed by atoms with Crippen molar-refractivity contribution in [3.05, 3.63) is 48.0 Å². The summed E-state index contributed by atoms with van der Waals surface area (Å²) in [5, 5.41) is 9.14. The lowest BCUT2D eigenvalue weighted by molar-refractivity contribution is -0.138. The van der Waals surface area contributed by atoms with E-state index in [4.69, 9.17) is 5.11 Å². The largest absolute Gasteiger partial charge is 0.481 e. The fourth-order valence-corrected chi connectivity index (χ4v) is 3.49. The second kappa shape index (κ2) is 4.87. The van der Waals surface area contributed by atoms with E-state index in [-0.39, 0.29) is 0 Å². The zero-order valence-electron chi connectivity index (χ0n) is 11.3. The van der Waals surface area contributed by atoms with Crippen molar-refractivity contribution in [3.63, 3.8) is 0 Å². The van der Waals surface area contributed by atoms with Gasteiger partial charge >= 0.3 is 5.97 Å². The Bertz CT molecular complexity index is 684. The third-order valence-corrected chi connectivity index (χ3v) is 4.79. The Morgan fingerprint density at radius 1 is 1.15 bits per heavy atom. The van der Waals surface area contributed by atoms with Crippen LogP contribution in [0.15, 0.2) is 52.3 Å². The molecule has 2 aromatic carbocycles. The molecular formula is C16H15NO2S.